The first-order valence-electron chi connectivity index (χ1n) is 37.1. The number of benzene rings is 4. The lowest BCUT2D eigenvalue weighted by Crippen LogP contribution is -2.61. The molecule has 7 aromatic rings. The van der Waals surface area contributed by atoms with Gasteiger partial charge >= 0.3 is 0 Å². The number of fused-ring (bicyclic) bond motifs is 1. The lowest BCUT2D eigenvalue weighted by atomic mass is 9.97. The zero-order chi connectivity index (χ0) is 84.0. The summed E-state index contributed by atoms with van der Waals surface area (Å²) in [7, 11) is 2.83. The molecule has 8 rings (SSSR count). The van der Waals surface area contributed by atoms with Crippen LogP contribution < -0.4 is 80.6 Å². The summed E-state index contributed by atoms with van der Waals surface area (Å²) in [5.74, 6) is -14.8. The van der Waals surface area contributed by atoms with Crippen molar-refractivity contribution in [3.63, 3.8) is 0 Å². The summed E-state index contributed by atoms with van der Waals surface area (Å²) in [6, 6.07) is 9.53. The molecule has 0 spiro atoms. The Labute approximate surface area is 670 Å². The highest BCUT2D eigenvalue weighted by atomic mass is 32.2. The highest BCUT2D eigenvalue weighted by Gasteiger charge is 2.39. The van der Waals surface area contributed by atoms with Crippen molar-refractivity contribution in [1.82, 2.24) is 104 Å². The van der Waals surface area contributed by atoms with Gasteiger partial charge in [-0.2, -0.15) is 0 Å². The van der Waals surface area contributed by atoms with Crippen molar-refractivity contribution < 1.29 is 77.3 Å². The number of nitrogens with two attached hydrogens (primary N) is 2. The third kappa shape index (κ3) is 27.0. The molecule has 4 aromatic carbocycles. The summed E-state index contributed by atoms with van der Waals surface area (Å²) >= 11 is 0.804. The fraction of sp³-hybridized carbons (Fsp3) is 0.395. The predicted molar refractivity (Wildman–Crippen MR) is 422 cm³/mol. The monoisotopic (exact) mass is 1620 g/mol. The molecule has 0 aliphatic carbocycles. The smallest absolute Gasteiger partial charge is 0.245 e. The summed E-state index contributed by atoms with van der Waals surface area (Å²) < 4.78 is 1.54. The van der Waals surface area contributed by atoms with Crippen molar-refractivity contribution in [2.24, 2.45) is 18.5 Å². The van der Waals surface area contributed by atoms with Crippen LogP contribution in [0.15, 0.2) is 135 Å². The van der Waals surface area contributed by atoms with Gasteiger partial charge in [0.15, 0.2) is 5.96 Å². The maximum Gasteiger partial charge on any atom is 0.245 e. The van der Waals surface area contributed by atoms with Crippen LogP contribution in [0.4, 0.5) is 0 Å². The second-order valence-corrected chi connectivity index (χ2v) is 28.5. The van der Waals surface area contributed by atoms with Crippen LogP contribution in [-0.4, -0.2) is 245 Å². The van der Waals surface area contributed by atoms with Gasteiger partial charge in [0.25, 0.3) is 0 Å². The minimum absolute atomic E-state index is 0.0174. The number of aromatic hydroxyl groups is 1. The van der Waals surface area contributed by atoms with E-state index in [0.717, 1.165) is 22.0 Å². The minimum Gasteiger partial charge on any atom is -0.508 e. The maximum atomic E-state index is 15.1. The Morgan fingerprint density at radius 1 is 0.578 bits per heavy atom. The molecule has 22 N–H and O–H groups in total. The number of hydrogen-bond acceptors (Lipinski definition) is 21. The summed E-state index contributed by atoms with van der Waals surface area (Å²) in [5.41, 5.74) is 13.4. The standard InChI is InChI=1S/C76H97N23O16S/c1-5-52-67(107)93-55(27-46-17-11-16-45-15-9-10-18-51(45)46)70(110)94-56(28-47-31-80-39-86-47)65(105)85-35-63(103)90-59(36-100)73(113)88-42(2)75(115)99(4)61(26-44-20-22-50(101)23-21-44)74(114)96-57(29-48-32-81-40-87-48)71(111)92-53(19-12-24-83-76(78)79)68(108)95-58(30-49-33-82-41-98(49)3)72(112)97-60(66(106)84-34-62(77)102)37-116-38-64(104)89-54(69(109)91-52)25-43-13-7-6-8-14-43/h6-11,13-18,20-23,31-33,39-42,52-61,100-101H,5,12,19,24-30,34-38H2,1-4H3,(H2,77,102)(H,80,86)(H,81,87)(H,84,106)(H,85,105)(H,88,113)(H,89,104)(H,90,103)(H,91,109)(H,92,111)(H,93,107)(H,94,110)(H,95,108)(H,96,114)(H,97,112)(H4,78,79,83)/t42-,52-,53-,54-,55-,56-,57-,58-,59-,60-,61-/m0/s1. The van der Waals surface area contributed by atoms with Gasteiger partial charge in [0.05, 0.1) is 55.8 Å². The molecule has 0 saturated carbocycles. The van der Waals surface area contributed by atoms with Gasteiger partial charge in [0.2, 0.25) is 82.7 Å². The number of thioether (sulfide) groups is 1. The van der Waals surface area contributed by atoms with E-state index in [9.17, 15) is 63.0 Å². The Bertz CT molecular complexity index is 4580. The number of carbonyl (C=O) groups is 14. The molecule has 1 aliphatic rings. The summed E-state index contributed by atoms with van der Waals surface area (Å²) in [6.45, 7) is 0.191. The predicted octanol–water partition coefficient (Wildman–Crippen LogP) is -4.69. The highest BCUT2D eigenvalue weighted by Crippen LogP contribution is 2.22. The molecule has 618 valence electrons. The SMILES string of the molecule is CC[C@@H]1NC(=O)[C@H](Cc2ccccc2)NC(=O)CSC[C@@H](C(=O)NCC(N)=O)NC(=O)[C@H](Cc2cncn2C)NC(=O)[C@H](CCCNC(=N)N)NC(=O)[C@H](Cc2c[nH]cn2)NC(=O)[C@H](Cc2ccc(O)cc2)N(C)C(=O)[C@H](C)NC(=O)[C@H](CO)NC(=O)CNC(=O)[C@H](Cc2c[nH]cn2)NC(=O)[C@H](Cc2cccc3ccccc23)NC1=O. The number of amides is 14. The number of aromatic nitrogens is 6. The zero-order valence-electron chi connectivity index (χ0n) is 64.1. The number of guanidine groups is 1. The topological polar surface area (TPSA) is 590 Å². The Kier molecular flexibility index (Phi) is 33.2. The Morgan fingerprint density at radius 2 is 1.12 bits per heavy atom. The van der Waals surface area contributed by atoms with E-state index >= 15 is 14.4 Å². The summed E-state index contributed by atoms with van der Waals surface area (Å²) in [5, 5.41) is 63.7. The zero-order valence-corrected chi connectivity index (χ0v) is 64.9. The Balaban J connectivity index is 1.16. The number of rotatable bonds is 21. The number of phenolic OH excluding ortho intramolecular Hbond substituents is 1. The average molecular weight is 1620 g/mol. The third-order valence-electron chi connectivity index (χ3n) is 18.8. The first kappa shape index (κ1) is 88.3. The van der Waals surface area contributed by atoms with Crippen LogP contribution in [0.2, 0.25) is 0 Å². The fourth-order valence-electron chi connectivity index (χ4n) is 12.5. The van der Waals surface area contributed by atoms with Crippen LogP contribution in [0.3, 0.4) is 0 Å². The Hall–Kier alpha value is -13.3. The molecule has 1 fully saturated rings. The van der Waals surface area contributed by atoms with E-state index in [-0.39, 0.29) is 81.5 Å². The van der Waals surface area contributed by atoms with Gasteiger partial charge in [0.1, 0.15) is 72.2 Å². The number of likely N-dealkylation sites (N-methyl/N-ethyl adjacent to an activating group) is 1. The van der Waals surface area contributed by atoms with E-state index in [1.54, 1.807) is 62.5 Å². The number of aromatic amines is 2. The molecule has 116 heavy (non-hydrogen) atoms. The van der Waals surface area contributed by atoms with E-state index < -0.39 is 186 Å². The highest BCUT2D eigenvalue weighted by molar-refractivity contribution is 8.00. The van der Waals surface area contributed by atoms with E-state index in [1.165, 1.54) is 80.4 Å². The number of imidazole rings is 3. The molecule has 39 nitrogen and oxygen atoms in total. The number of primary amides is 1. The lowest BCUT2D eigenvalue weighted by molar-refractivity contribution is -0.142. The molecule has 4 heterocycles. The van der Waals surface area contributed by atoms with E-state index in [2.05, 4.69) is 94.0 Å². The molecule has 0 bridgehead atoms. The van der Waals surface area contributed by atoms with Crippen molar-refractivity contribution in [2.45, 2.75) is 138 Å². The Morgan fingerprint density at radius 3 is 1.73 bits per heavy atom. The molecular formula is C76H97N23O16S. The van der Waals surface area contributed by atoms with Crippen LogP contribution in [0, 0.1) is 5.41 Å². The van der Waals surface area contributed by atoms with Crippen molar-refractivity contribution >= 4 is 111 Å². The van der Waals surface area contributed by atoms with Crippen LogP contribution >= 0.6 is 11.8 Å². The molecule has 14 amide bonds. The summed E-state index contributed by atoms with van der Waals surface area (Å²) in [6.07, 6.45) is 6.42. The normalized spacial score (nSPS) is 22.3. The van der Waals surface area contributed by atoms with Crippen LogP contribution in [0.25, 0.3) is 10.8 Å². The molecule has 11 atom stereocenters. The van der Waals surface area contributed by atoms with Gasteiger partial charge in [-0.05, 0) is 65.8 Å². The van der Waals surface area contributed by atoms with Gasteiger partial charge in [-0.3, -0.25) is 72.5 Å². The number of phenols is 1. The molecular weight excluding hydrogens is 1520 g/mol. The number of hydrogen-bond donors (Lipinski definition) is 20. The van der Waals surface area contributed by atoms with Gasteiger partial charge in [-0.25, -0.2) is 15.0 Å². The minimum atomic E-state index is -1.78. The van der Waals surface area contributed by atoms with Gasteiger partial charge in [-0.15, -0.1) is 11.8 Å². The van der Waals surface area contributed by atoms with Gasteiger partial charge < -0.3 is 110 Å². The molecule has 1 saturated heterocycles. The van der Waals surface area contributed by atoms with E-state index in [4.69, 9.17) is 16.9 Å². The fourth-order valence-corrected chi connectivity index (χ4v) is 13.3. The number of aliphatic hydroxyl groups is 1. The lowest BCUT2D eigenvalue weighted by Gasteiger charge is -2.32. The number of nitrogens with one attached hydrogen (secondary N) is 16. The van der Waals surface area contributed by atoms with Gasteiger partial charge in [-0.1, -0.05) is 91.9 Å². The maximum absolute atomic E-state index is 15.1. The quantitative estimate of drug-likeness (QED) is 0.0183. The van der Waals surface area contributed by atoms with Crippen molar-refractivity contribution in [2.75, 3.05) is 44.8 Å². The van der Waals surface area contributed by atoms with E-state index in [0.29, 0.717) is 27.8 Å². The second kappa shape index (κ2) is 43.7. The van der Waals surface area contributed by atoms with Crippen molar-refractivity contribution in [3.05, 3.63) is 168 Å². The summed E-state index contributed by atoms with van der Waals surface area (Å²) in [4.78, 5) is 221. The average Bonchev–Trinajstić information content (AvgIpc) is 1.23. The molecule has 0 radical (unpaired) electrons. The molecule has 1 aliphatic heterocycles. The largest absolute Gasteiger partial charge is 0.508 e. The van der Waals surface area contributed by atoms with E-state index in [1.807, 2.05) is 24.3 Å². The number of H-pyrrole nitrogens is 2. The van der Waals surface area contributed by atoms with Crippen LogP contribution in [-0.2, 0) is 113 Å². The van der Waals surface area contributed by atoms with Crippen LogP contribution in [0.5, 0.6) is 5.75 Å². The first-order chi connectivity index (χ1) is 55.6. The van der Waals surface area contributed by atoms with Crippen LogP contribution in [0.1, 0.15) is 66.9 Å². The number of aliphatic hydroxyl groups excluding tert-OH is 1. The van der Waals surface area contributed by atoms with Gasteiger partial charge in [0, 0.05) is 89.2 Å². The third-order valence-corrected chi connectivity index (χ3v) is 19.8. The van der Waals surface area contributed by atoms with Crippen molar-refractivity contribution in [1.29, 1.82) is 5.41 Å². The molecule has 0 unspecified atom stereocenters. The number of carbonyl (C=O) groups excluding carboxylic acids is 14. The molecule has 40 heteroatoms. The van der Waals surface area contributed by atoms with Crippen molar-refractivity contribution in [3.8, 4) is 5.75 Å². The molecule has 3 aromatic heterocycles. The number of nitrogens with zero attached hydrogens (tertiary/aromatic N) is 5. The second-order valence-electron chi connectivity index (χ2n) is 27.5. The first-order valence-corrected chi connectivity index (χ1v) is 38.3. The number of aryl methyl sites for hydroxylation is 1.